The highest BCUT2D eigenvalue weighted by Gasteiger charge is 2.14. The maximum Gasteiger partial charge on any atom is 0.179 e. The molecule has 2 rings (SSSR count). The lowest BCUT2D eigenvalue weighted by Gasteiger charge is -2.10. The minimum Gasteiger partial charge on any atom is -0.493 e. The summed E-state index contributed by atoms with van der Waals surface area (Å²) in [5.41, 5.74) is 7.57. The van der Waals surface area contributed by atoms with Crippen LogP contribution in [0.15, 0.2) is 17.5 Å². The van der Waals surface area contributed by atoms with Crippen LogP contribution in [0.2, 0.25) is 5.02 Å². The summed E-state index contributed by atoms with van der Waals surface area (Å²) in [6, 6.07) is 3.59. The number of hydrogen-bond donors (Lipinski definition) is 1. The predicted octanol–water partition coefficient (Wildman–Crippen LogP) is 3.50. The van der Waals surface area contributed by atoms with Gasteiger partial charge in [-0.1, -0.05) is 11.6 Å². The molecule has 1 heterocycles. The second-order valence-electron chi connectivity index (χ2n) is 4.06. The maximum atomic E-state index is 6.18. The van der Waals surface area contributed by atoms with E-state index in [1.807, 2.05) is 24.4 Å². The Bertz CT molecular complexity index is 584. The van der Waals surface area contributed by atoms with E-state index >= 15 is 0 Å². The van der Waals surface area contributed by atoms with Gasteiger partial charge >= 0.3 is 0 Å². The first-order chi connectivity index (χ1) is 9.06. The van der Waals surface area contributed by atoms with Crippen molar-refractivity contribution in [1.82, 2.24) is 4.98 Å². The highest BCUT2D eigenvalue weighted by molar-refractivity contribution is 7.13. The van der Waals surface area contributed by atoms with Crippen LogP contribution in [0.4, 0.5) is 0 Å². The van der Waals surface area contributed by atoms with Gasteiger partial charge in [-0.15, -0.1) is 11.3 Å². The monoisotopic (exact) mass is 298 g/mol. The normalized spacial score (nSPS) is 12.3. The van der Waals surface area contributed by atoms with Gasteiger partial charge in [0, 0.05) is 17.0 Å². The zero-order valence-electron chi connectivity index (χ0n) is 10.9. The third kappa shape index (κ3) is 2.83. The van der Waals surface area contributed by atoms with Crippen molar-refractivity contribution in [3.05, 3.63) is 28.2 Å². The van der Waals surface area contributed by atoms with Crippen LogP contribution in [0, 0.1) is 0 Å². The number of nitrogens with zero attached hydrogens (tertiary/aromatic N) is 1. The molecule has 0 aliphatic rings. The number of methoxy groups -OCH3 is 2. The Morgan fingerprint density at radius 3 is 2.58 bits per heavy atom. The van der Waals surface area contributed by atoms with E-state index in [1.165, 1.54) is 11.3 Å². The highest BCUT2D eigenvalue weighted by Crippen LogP contribution is 2.40. The Labute approximate surface area is 121 Å². The number of halogens is 1. The topological polar surface area (TPSA) is 57.4 Å². The van der Waals surface area contributed by atoms with Gasteiger partial charge in [-0.2, -0.15) is 0 Å². The summed E-state index contributed by atoms with van der Waals surface area (Å²) in [5.74, 6) is 1.11. The van der Waals surface area contributed by atoms with Crippen molar-refractivity contribution in [2.75, 3.05) is 14.2 Å². The van der Waals surface area contributed by atoms with Crippen LogP contribution in [0.25, 0.3) is 10.6 Å². The number of ether oxygens (including phenoxy) is 2. The first kappa shape index (κ1) is 14.1. The van der Waals surface area contributed by atoms with Crippen LogP contribution >= 0.6 is 22.9 Å². The Kier molecular flexibility index (Phi) is 4.29. The van der Waals surface area contributed by atoms with Gasteiger partial charge in [-0.25, -0.2) is 4.98 Å². The Balaban J connectivity index is 2.47. The molecule has 0 radical (unpaired) electrons. The minimum absolute atomic E-state index is 0.0828. The summed E-state index contributed by atoms with van der Waals surface area (Å²) < 4.78 is 10.5. The molecule has 19 heavy (non-hydrogen) atoms. The maximum absolute atomic E-state index is 6.18. The average molecular weight is 299 g/mol. The molecule has 0 bridgehead atoms. The molecule has 1 aromatic carbocycles. The van der Waals surface area contributed by atoms with Crippen molar-refractivity contribution in [2.24, 2.45) is 5.73 Å². The van der Waals surface area contributed by atoms with Gasteiger partial charge in [-0.05, 0) is 19.1 Å². The Hall–Kier alpha value is -1.30. The summed E-state index contributed by atoms with van der Waals surface area (Å²) in [7, 11) is 3.13. The third-order valence-electron chi connectivity index (χ3n) is 2.67. The largest absolute Gasteiger partial charge is 0.493 e. The number of rotatable bonds is 4. The molecule has 2 N–H and O–H groups in total. The lowest BCUT2D eigenvalue weighted by Crippen LogP contribution is -2.04. The van der Waals surface area contributed by atoms with Gasteiger partial charge in [0.2, 0.25) is 0 Å². The minimum atomic E-state index is -0.0828. The molecule has 0 aliphatic carbocycles. The third-order valence-corrected chi connectivity index (χ3v) is 3.86. The van der Waals surface area contributed by atoms with Crippen LogP contribution in [0.1, 0.15) is 18.7 Å². The Morgan fingerprint density at radius 1 is 1.32 bits per heavy atom. The fourth-order valence-corrected chi connectivity index (χ4v) is 2.87. The van der Waals surface area contributed by atoms with E-state index in [0.717, 1.165) is 16.3 Å². The fraction of sp³-hybridized carbons (Fsp3) is 0.308. The highest BCUT2D eigenvalue weighted by atomic mass is 35.5. The smallest absolute Gasteiger partial charge is 0.179 e. The lowest BCUT2D eigenvalue weighted by molar-refractivity contribution is 0.355. The van der Waals surface area contributed by atoms with Crippen LogP contribution in [0.5, 0.6) is 11.5 Å². The zero-order chi connectivity index (χ0) is 14.0. The van der Waals surface area contributed by atoms with Gasteiger partial charge in [0.25, 0.3) is 0 Å². The van der Waals surface area contributed by atoms with E-state index in [0.29, 0.717) is 16.5 Å². The van der Waals surface area contributed by atoms with Crippen molar-refractivity contribution >= 4 is 22.9 Å². The molecule has 1 atom stereocenters. The van der Waals surface area contributed by atoms with E-state index < -0.39 is 0 Å². The van der Waals surface area contributed by atoms with E-state index in [4.69, 9.17) is 26.8 Å². The lowest BCUT2D eigenvalue weighted by atomic mass is 10.2. The van der Waals surface area contributed by atoms with Crippen molar-refractivity contribution in [3.8, 4) is 22.1 Å². The first-order valence-electron chi connectivity index (χ1n) is 5.69. The van der Waals surface area contributed by atoms with Crippen LogP contribution in [-0.2, 0) is 0 Å². The molecule has 6 heteroatoms. The molecule has 0 saturated carbocycles. The molecular formula is C13H15ClN2O2S. The van der Waals surface area contributed by atoms with E-state index in [9.17, 15) is 0 Å². The number of thiazole rings is 1. The van der Waals surface area contributed by atoms with Gasteiger partial charge < -0.3 is 15.2 Å². The van der Waals surface area contributed by atoms with Gasteiger partial charge in [0.15, 0.2) is 11.5 Å². The van der Waals surface area contributed by atoms with Crippen molar-refractivity contribution < 1.29 is 9.47 Å². The molecule has 0 spiro atoms. The van der Waals surface area contributed by atoms with Crippen LogP contribution in [0.3, 0.4) is 0 Å². The van der Waals surface area contributed by atoms with Gasteiger partial charge in [0.05, 0.1) is 24.9 Å². The predicted molar refractivity (Wildman–Crippen MR) is 78.3 cm³/mol. The zero-order valence-corrected chi connectivity index (χ0v) is 12.5. The SMILES string of the molecule is COc1cc(-c2nc(C(C)N)cs2)cc(Cl)c1OC. The summed E-state index contributed by atoms with van der Waals surface area (Å²) >= 11 is 7.71. The summed E-state index contributed by atoms with van der Waals surface area (Å²) in [6.45, 7) is 1.90. The number of nitrogens with two attached hydrogens (primary N) is 1. The molecular weight excluding hydrogens is 284 g/mol. The molecule has 1 aromatic heterocycles. The fourth-order valence-electron chi connectivity index (χ4n) is 1.67. The van der Waals surface area contributed by atoms with E-state index in [1.54, 1.807) is 14.2 Å². The molecule has 4 nitrogen and oxygen atoms in total. The van der Waals surface area contributed by atoms with Crippen molar-refractivity contribution in [2.45, 2.75) is 13.0 Å². The Morgan fingerprint density at radius 2 is 2.05 bits per heavy atom. The second-order valence-corrected chi connectivity index (χ2v) is 5.33. The van der Waals surface area contributed by atoms with Crippen LogP contribution < -0.4 is 15.2 Å². The molecule has 1 unspecified atom stereocenters. The molecule has 0 saturated heterocycles. The van der Waals surface area contributed by atoms with E-state index in [-0.39, 0.29) is 6.04 Å². The van der Waals surface area contributed by atoms with Gasteiger partial charge in [-0.3, -0.25) is 0 Å². The van der Waals surface area contributed by atoms with Gasteiger partial charge in [0.1, 0.15) is 5.01 Å². The van der Waals surface area contributed by atoms with Crippen LogP contribution in [-0.4, -0.2) is 19.2 Å². The van der Waals surface area contributed by atoms with E-state index in [2.05, 4.69) is 4.98 Å². The number of benzene rings is 1. The molecule has 102 valence electrons. The number of hydrogen-bond acceptors (Lipinski definition) is 5. The summed E-state index contributed by atoms with van der Waals surface area (Å²) in [6.07, 6.45) is 0. The number of aromatic nitrogens is 1. The molecule has 0 amide bonds. The molecule has 2 aromatic rings. The average Bonchev–Trinajstić information content (AvgIpc) is 2.87. The molecule has 0 aliphatic heterocycles. The van der Waals surface area contributed by atoms with Crippen molar-refractivity contribution in [3.63, 3.8) is 0 Å². The summed E-state index contributed by atoms with van der Waals surface area (Å²) in [4.78, 5) is 4.49. The van der Waals surface area contributed by atoms with Crippen molar-refractivity contribution in [1.29, 1.82) is 0 Å². The molecule has 0 fully saturated rings. The first-order valence-corrected chi connectivity index (χ1v) is 6.95. The second kappa shape index (κ2) is 5.77. The quantitative estimate of drug-likeness (QED) is 0.938. The summed E-state index contributed by atoms with van der Waals surface area (Å²) in [5, 5.41) is 3.30. The standard InChI is InChI=1S/C13H15ClN2O2S/c1-7(15)10-6-19-13(16-10)8-4-9(14)12(18-3)11(5-8)17-2/h4-7H,15H2,1-3H3.